The van der Waals surface area contributed by atoms with E-state index in [0.717, 1.165) is 6.42 Å². The molecule has 1 fully saturated rings. The highest BCUT2D eigenvalue weighted by Gasteiger charge is 2.28. The Bertz CT molecular complexity index is 504. The predicted octanol–water partition coefficient (Wildman–Crippen LogP) is 3.21. The average Bonchev–Trinajstić information content (AvgIpc) is 2.46. The smallest absolute Gasteiger partial charge is 0.253 e. The van der Waals surface area contributed by atoms with Crippen molar-refractivity contribution in [1.29, 1.82) is 5.26 Å². The normalized spacial score (nSPS) is 22.6. The predicted molar refractivity (Wildman–Crippen MR) is 74.7 cm³/mol. The van der Waals surface area contributed by atoms with Crippen molar-refractivity contribution in [1.82, 2.24) is 4.90 Å². The molecule has 0 radical (unpaired) electrons. The van der Waals surface area contributed by atoms with E-state index in [1.165, 1.54) is 19.3 Å². The molecular weight excluding hydrogens is 236 g/mol. The van der Waals surface area contributed by atoms with Crippen molar-refractivity contribution in [3.63, 3.8) is 0 Å². The first-order valence-electron chi connectivity index (χ1n) is 6.91. The van der Waals surface area contributed by atoms with Gasteiger partial charge >= 0.3 is 0 Å². The zero-order valence-corrected chi connectivity index (χ0v) is 11.6. The van der Waals surface area contributed by atoms with Crippen LogP contribution in [0, 0.1) is 17.2 Å². The maximum absolute atomic E-state index is 12.5. The summed E-state index contributed by atoms with van der Waals surface area (Å²) in [6, 6.07) is 9.35. The van der Waals surface area contributed by atoms with Gasteiger partial charge in [0.25, 0.3) is 5.91 Å². The number of hydrogen-bond donors (Lipinski definition) is 0. The monoisotopic (exact) mass is 256 g/mol. The number of amides is 1. The zero-order valence-electron chi connectivity index (χ0n) is 11.6. The van der Waals surface area contributed by atoms with E-state index in [4.69, 9.17) is 5.26 Å². The summed E-state index contributed by atoms with van der Waals surface area (Å²) in [5, 5.41) is 8.90. The van der Waals surface area contributed by atoms with Crippen molar-refractivity contribution in [2.75, 3.05) is 7.05 Å². The maximum atomic E-state index is 12.5. The molecule has 0 aromatic heterocycles. The van der Waals surface area contributed by atoms with Gasteiger partial charge in [0.2, 0.25) is 0 Å². The van der Waals surface area contributed by atoms with Crippen LogP contribution in [-0.4, -0.2) is 23.9 Å². The quantitative estimate of drug-likeness (QED) is 0.815. The molecule has 0 bridgehead atoms. The molecular formula is C16H20N2O. The summed E-state index contributed by atoms with van der Waals surface area (Å²) in [5.74, 6) is 0.581. The third-order valence-corrected chi connectivity index (χ3v) is 4.12. The van der Waals surface area contributed by atoms with Crippen LogP contribution in [0.1, 0.15) is 48.5 Å². The summed E-state index contributed by atoms with van der Waals surface area (Å²) >= 11 is 0. The summed E-state index contributed by atoms with van der Waals surface area (Å²) in [6.07, 6.45) is 4.75. The Morgan fingerprint density at radius 2 is 2.11 bits per heavy atom. The van der Waals surface area contributed by atoms with E-state index < -0.39 is 0 Å². The Balaban J connectivity index is 2.16. The van der Waals surface area contributed by atoms with E-state index in [-0.39, 0.29) is 5.91 Å². The Morgan fingerprint density at radius 3 is 2.79 bits per heavy atom. The number of nitriles is 1. The van der Waals surface area contributed by atoms with E-state index >= 15 is 0 Å². The number of carbonyl (C=O) groups is 1. The fourth-order valence-corrected chi connectivity index (χ4v) is 2.95. The Kier molecular flexibility index (Phi) is 4.21. The molecule has 1 aliphatic carbocycles. The molecule has 3 heteroatoms. The largest absolute Gasteiger partial charge is 0.338 e. The van der Waals surface area contributed by atoms with E-state index in [0.29, 0.717) is 23.1 Å². The van der Waals surface area contributed by atoms with Gasteiger partial charge in [0.05, 0.1) is 11.6 Å². The Labute approximate surface area is 114 Å². The van der Waals surface area contributed by atoms with E-state index in [9.17, 15) is 4.79 Å². The second kappa shape index (κ2) is 5.88. The summed E-state index contributed by atoms with van der Waals surface area (Å²) < 4.78 is 0. The van der Waals surface area contributed by atoms with Crippen LogP contribution in [0.15, 0.2) is 24.3 Å². The van der Waals surface area contributed by atoms with E-state index in [1.54, 1.807) is 24.3 Å². The Hall–Kier alpha value is -1.82. The molecule has 19 heavy (non-hydrogen) atoms. The molecule has 0 aliphatic heterocycles. The molecule has 1 aliphatic rings. The van der Waals surface area contributed by atoms with E-state index in [1.807, 2.05) is 11.9 Å². The summed E-state index contributed by atoms with van der Waals surface area (Å²) in [4.78, 5) is 14.3. The number of carbonyl (C=O) groups excluding carboxylic acids is 1. The maximum Gasteiger partial charge on any atom is 0.253 e. The molecule has 1 aromatic rings. The first-order chi connectivity index (χ1) is 9.13. The van der Waals surface area contributed by atoms with Crippen molar-refractivity contribution in [2.24, 2.45) is 5.92 Å². The van der Waals surface area contributed by atoms with Gasteiger partial charge in [0.15, 0.2) is 0 Å². The number of rotatable bonds is 2. The first kappa shape index (κ1) is 13.6. The second-order valence-electron chi connectivity index (χ2n) is 5.44. The fraction of sp³-hybridized carbons (Fsp3) is 0.500. The number of benzene rings is 1. The lowest BCUT2D eigenvalue weighted by Gasteiger charge is -2.36. The second-order valence-corrected chi connectivity index (χ2v) is 5.44. The van der Waals surface area contributed by atoms with Crippen molar-refractivity contribution in [3.05, 3.63) is 35.4 Å². The molecule has 1 aromatic carbocycles. The van der Waals surface area contributed by atoms with Gasteiger partial charge in [-0.2, -0.15) is 5.26 Å². The van der Waals surface area contributed by atoms with Crippen LogP contribution in [0.4, 0.5) is 0 Å². The minimum absolute atomic E-state index is 0.0239. The summed E-state index contributed by atoms with van der Waals surface area (Å²) in [5.41, 5.74) is 1.15. The summed E-state index contributed by atoms with van der Waals surface area (Å²) in [6.45, 7) is 2.22. The van der Waals surface area contributed by atoms with Crippen molar-refractivity contribution in [3.8, 4) is 6.07 Å². The molecule has 0 spiro atoms. The molecule has 3 nitrogen and oxygen atoms in total. The van der Waals surface area contributed by atoms with Crippen LogP contribution < -0.4 is 0 Å². The van der Waals surface area contributed by atoms with Gasteiger partial charge in [0, 0.05) is 18.7 Å². The summed E-state index contributed by atoms with van der Waals surface area (Å²) in [7, 11) is 1.88. The SMILES string of the molecule is CC1CCCCC1N(C)C(=O)c1cccc(C#N)c1. The number of nitrogens with zero attached hydrogens (tertiary/aromatic N) is 2. The molecule has 1 amide bonds. The topological polar surface area (TPSA) is 44.1 Å². The highest BCUT2D eigenvalue weighted by molar-refractivity contribution is 5.94. The van der Waals surface area contributed by atoms with Crippen LogP contribution in [0.3, 0.4) is 0 Å². The molecule has 2 unspecified atom stereocenters. The molecule has 100 valence electrons. The van der Waals surface area contributed by atoms with Gasteiger partial charge in [-0.05, 0) is 37.0 Å². The van der Waals surface area contributed by atoms with Crippen LogP contribution in [0.25, 0.3) is 0 Å². The Morgan fingerprint density at radius 1 is 1.37 bits per heavy atom. The fourth-order valence-electron chi connectivity index (χ4n) is 2.95. The van der Waals surface area contributed by atoms with Crippen molar-refractivity contribution in [2.45, 2.75) is 38.6 Å². The van der Waals surface area contributed by atoms with Gasteiger partial charge in [-0.15, -0.1) is 0 Å². The van der Waals surface area contributed by atoms with Crippen molar-refractivity contribution >= 4 is 5.91 Å². The van der Waals surface area contributed by atoms with Crippen LogP contribution >= 0.6 is 0 Å². The molecule has 0 heterocycles. The van der Waals surface area contributed by atoms with E-state index in [2.05, 4.69) is 13.0 Å². The van der Waals surface area contributed by atoms with Crippen LogP contribution in [-0.2, 0) is 0 Å². The zero-order chi connectivity index (χ0) is 13.8. The van der Waals surface area contributed by atoms with Crippen molar-refractivity contribution < 1.29 is 4.79 Å². The van der Waals surface area contributed by atoms with Gasteiger partial charge < -0.3 is 4.90 Å². The third-order valence-electron chi connectivity index (χ3n) is 4.12. The molecule has 2 atom stereocenters. The van der Waals surface area contributed by atoms with Gasteiger partial charge in [-0.25, -0.2) is 0 Å². The van der Waals surface area contributed by atoms with Gasteiger partial charge in [-0.1, -0.05) is 25.8 Å². The minimum Gasteiger partial charge on any atom is -0.338 e. The molecule has 0 N–H and O–H groups in total. The highest BCUT2D eigenvalue weighted by Crippen LogP contribution is 2.28. The minimum atomic E-state index is 0.0239. The molecule has 0 saturated heterocycles. The average molecular weight is 256 g/mol. The standard InChI is InChI=1S/C16H20N2O/c1-12-6-3-4-9-15(12)18(2)16(19)14-8-5-7-13(10-14)11-17/h5,7-8,10,12,15H,3-4,6,9H2,1-2H3. The third kappa shape index (κ3) is 2.96. The van der Waals surface area contributed by atoms with Crippen LogP contribution in [0.5, 0.6) is 0 Å². The number of hydrogen-bond acceptors (Lipinski definition) is 2. The lowest BCUT2D eigenvalue weighted by atomic mass is 9.85. The lowest BCUT2D eigenvalue weighted by molar-refractivity contribution is 0.0629. The van der Waals surface area contributed by atoms with Gasteiger partial charge in [-0.3, -0.25) is 4.79 Å². The first-order valence-corrected chi connectivity index (χ1v) is 6.91. The van der Waals surface area contributed by atoms with Gasteiger partial charge in [0.1, 0.15) is 0 Å². The lowest BCUT2D eigenvalue weighted by Crippen LogP contribution is -2.42. The molecule has 1 saturated carbocycles. The van der Waals surface area contributed by atoms with Crippen LogP contribution in [0.2, 0.25) is 0 Å². The highest BCUT2D eigenvalue weighted by atomic mass is 16.2. The molecule has 2 rings (SSSR count).